The second kappa shape index (κ2) is 10.1. The molecule has 174 valence electrons. The van der Waals surface area contributed by atoms with Gasteiger partial charge in [-0.25, -0.2) is 4.90 Å². The molecular formula is C26H30N2O5. The van der Waals surface area contributed by atoms with Gasteiger partial charge in [-0.2, -0.15) is 0 Å². The Morgan fingerprint density at radius 1 is 1.06 bits per heavy atom. The van der Waals surface area contributed by atoms with Gasteiger partial charge in [0.2, 0.25) is 0 Å². The van der Waals surface area contributed by atoms with E-state index in [1.807, 2.05) is 36.1 Å². The average molecular weight is 451 g/mol. The van der Waals surface area contributed by atoms with Crippen LogP contribution in [-0.4, -0.2) is 55.2 Å². The molecule has 33 heavy (non-hydrogen) atoms. The number of carbonyl (C=O) groups excluding carboxylic acids is 2. The van der Waals surface area contributed by atoms with E-state index in [0.29, 0.717) is 48.0 Å². The summed E-state index contributed by atoms with van der Waals surface area (Å²) in [4.78, 5) is 30.5. The fourth-order valence-corrected chi connectivity index (χ4v) is 4.41. The molecule has 1 fully saturated rings. The van der Waals surface area contributed by atoms with Crippen molar-refractivity contribution in [2.75, 3.05) is 38.3 Å². The van der Waals surface area contributed by atoms with Crippen molar-refractivity contribution in [1.29, 1.82) is 0 Å². The molecule has 1 N–H and O–H groups in total. The molecule has 2 aliphatic heterocycles. The molecule has 7 heteroatoms. The maximum atomic E-state index is 13.7. The number of aliphatic hydroxyl groups is 1. The third-order valence-electron chi connectivity index (χ3n) is 6.08. The van der Waals surface area contributed by atoms with Gasteiger partial charge in [-0.15, -0.1) is 0 Å². The molecule has 2 aromatic carbocycles. The molecule has 0 spiro atoms. The summed E-state index contributed by atoms with van der Waals surface area (Å²) in [6.45, 7) is 3.92. The standard InChI is InChI=1S/C26H30N2O5/c1-3-14-33-21-11-9-19(10-12-21)23-24(27-13-5-6-18(16-27)17-29)26(31)28(25(23)30)20-7-4-8-22(15-20)32-2/h4,7-12,15,18,29H,3,5-6,13-14,16-17H2,1-2H3. The number of hydrogen-bond donors (Lipinski definition) is 1. The molecule has 0 bridgehead atoms. The summed E-state index contributed by atoms with van der Waals surface area (Å²) in [5.41, 5.74) is 1.91. The molecule has 4 rings (SSSR count). The Morgan fingerprint density at radius 3 is 2.55 bits per heavy atom. The van der Waals surface area contributed by atoms with E-state index in [-0.39, 0.29) is 24.3 Å². The first-order chi connectivity index (χ1) is 16.1. The van der Waals surface area contributed by atoms with Crippen molar-refractivity contribution >= 4 is 23.1 Å². The Kier molecular flexibility index (Phi) is 6.99. The molecule has 2 aliphatic rings. The summed E-state index contributed by atoms with van der Waals surface area (Å²) in [6.07, 6.45) is 2.66. The van der Waals surface area contributed by atoms with Gasteiger partial charge < -0.3 is 19.5 Å². The fourth-order valence-electron chi connectivity index (χ4n) is 4.41. The van der Waals surface area contributed by atoms with Crippen molar-refractivity contribution < 1.29 is 24.2 Å². The van der Waals surface area contributed by atoms with Gasteiger partial charge in [-0.3, -0.25) is 9.59 Å². The molecule has 0 saturated carbocycles. The van der Waals surface area contributed by atoms with Gasteiger partial charge in [-0.05, 0) is 55.0 Å². The lowest BCUT2D eigenvalue weighted by Gasteiger charge is -2.34. The summed E-state index contributed by atoms with van der Waals surface area (Å²) in [7, 11) is 1.55. The highest BCUT2D eigenvalue weighted by Crippen LogP contribution is 2.37. The average Bonchev–Trinajstić information content (AvgIpc) is 3.12. The lowest BCUT2D eigenvalue weighted by atomic mass is 9.97. The molecule has 0 aliphatic carbocycles. The molecule has 1 saturated heterocycles. The molecule has 1 unspecified atom stereocenters. The number of methoxy groups -OCH3 is 1. The number of amides is 2. The molecular weight excluding hydrogens is 420 g/mol. The van der Waals surface area contributed by atoms with E-state index in [0.717, 1.165) is 25.0 Å². The quantitative estimate of drug-likeness (QED) is 0.621. The van der Waals surface area contributed by atoms with Crippen molar-refractivity contribution in [2.24, 2.45) is 5.92 Å². The van der Waals surface area contributed by atoms with Crippen molar-refractivity contribution in [2.45, 2.75) is 26.2 Å². The first kappa shape index (κ1) is 22.9. The second-order valence-corrected chi connectivity index (χ2v) is 8.38. The van der Waals surface area contributed by atoms with E-state index in [1.165, 1.54) is 4.90 Å². The van der Waals surface area contributed by atoms with Crippen molar-refractivity contribution in [3.8, 4) is 11.5 Å². The van der Waals surface area contributed by atoms with Crippen LogP contribution in [0.5, 0.6) is 11.5 Å². The highest BCUT2D eigenvalue weighted by Gasteiger charge is 2.43. The molecule has 0 radical (unpaired) electrons. The van der Waals surface area contributed by atoms with Gasteiger partial charge in [0.05, 0.1) is 25.0 Å². The maximum Gasteiger partial charge on any atom is 0.282 e. The summed E-state index contributed by atoms with van der Waals surface area (Å²) < 4.78 is 11.0. The van der Waals surface area contributed by atoms with Crippen molar-refractivity contribution in [3.05, 3.63) is 59.8 Å². The van der Waals surface area contributed by atoms with Gasteiger partial charge in [0.1, 0.15) is 17.2 Å². The Morgan fingerprint density at radius 2 is 1.85 bits per heavy atom. The van der Waals surface area contributed by atoms with Crippen LogP contribution >= 0.6 is 0 Å². The minimum absolute atomic E-state index is 0.0598. The Balaban J connectivity index is 1.75. The first-order valence-corrected chi connectivity index (χ1v) is 11.4. The molecule has 0 aromatic heterocycles. The lowest BCUT2D eigenvalue weighted by Crippen LogP contribution is -2.40. The second-order valence-electron chi connectivity index (χ2n) is 8.38. The summed E-state index contributed by atoms with van der Waals surface area (Å²) in [5, 5.41) is 9.71. The Labute approximate surface area is 194 Å². The SMILES string of the molecule is CCCOc1ccc(C2=C(N3CCCC(CO)C3)C(=O)N(c3cccc(OC)c3)C2=O)cc1. The predicted molar refractivity (Wildman–Crippen MR) is 126 cm³/mol. The van der Waals surface area contributed by atoms with E-state index < -0.39 is 0 Å². The Bertz CT molecular complexity index is 1050. The van der Waals surface area contributed by atoms with E-state index in [1.54, 1.807) is 31.4 Å². The highest BCUT2D eigenvalue weighted by atomic mass is 16.5. The number of rotatable bonds is 8. The van der Waals surface area contributed by atoms with Gasteiger partial charge in [0.15, 0.2) is 0 Å². The summed E-state index contributed by atoms with van der Waals surface area (Å²) in [5.74, 6) is 0.650. The number of aliphatic hydroxyl groups excluding tert-OH is 1. The Hall–Kier alpha value is -3.32. The van der Waals surface area contributed by atoms with Crippen LogP contribution in [0.3, 0.4) is 0 Å². The zero-order chi connectivity index (χ0) is 23.4. The monoisotopic (exact) mass is 450 g/mol. The number of anilines is 1. The number of nitrogens with zero attached hydrogens (tertiary/aromatic N) is 2. The fraction of sp³-hybridized carbons (Fsp3) is 0.385. The van der Waals surface area contributed by atoms with Crippen LogP contribution < -0.4 is 14.4 Å². The minimum Gasteiger partial charge on any atom is -0.497 e. The maximum absolute atomic E-state index is 13.7. The number of hydrogen-bond acceptors (Lipinski definition) is 6. The van der Waals surface area contributed by atoms with Crippen molar-refractivity contribution in [1.82, 2.24) is 4.90 Å². The van der Waals surface area contributed by atoms with Crippen LogP contribution in [0.2, 0.25) is 0 Å². The number of ether oxygens (including phenoxy) is 2. The van der Waals surface area contributed by atoms with Crippen LogP contribution in [0.25, 0.3) is 5.57 Å². The number of imide groups is 1. The van der Waals surface area contributed by atoms with Gasteiger partial charge in [-0.1, -0.05) is 25.1 Å². The van der Waals surface area contributed by atoms with Gasteiger partial charge in [0, 0.05) is 25.8 Å². The van der Waals surface area contributed by atoms with E-state index in [4.69, 9.17) is 9.47 Å². The molecule has 2 amide bonds. The van der Waals surface area contributed by atoms with Crippen LogP contribution in [0.4, 0.5) is 5.69 Å². The highest BCUT2D eigenvalue weighted by molar-refractivity contribution is 6.45. The summed E-state index contributed by atoms with van der Waals surface area (Å²) >= 11 is 0. The van der Waals surface area contributed by atoms with Crippen molar-refractivity contribution in [3.63, 3.8) is 0 Å². The van der Waals surface area contributed by atoms with Gasteiger partial charge in [0.25, 0.3) is 11.8 Å². The topological polar surface area (TPSA) is 79.3 Å². The first-order valence-electron chi connectivity index (χ1n) is 11.4. The zero-order valence-corrected chi connectivity index (χ0v) is 19.1. The van der Waals surface area contributed by atoms with Gasteiger partial charge >= 0.3 is 0 Å². The third kappa shape index (κ3) is 4.59. The van der Waals surface area contributed by atoms with E-state index >= 15 is 0 Å². The smallest absolute Gasteiger partial charge is 0.282 e. The predicted octanol–water partition coefficient (Wildman–Crippen LogP) is 3.47. The zero-order valence-electron chi connectivity index (χ0n) is 19.1. The minimum atomic E-state index is -0.364. The molecule has 2 heterocycles. The third-order valence-corrected chi connectivity index (χ3v) is 6.08. The van der Waals surface area contributed by atoms with E-state index in [9.17, 15) is 14.7 Å². The number of likely N-dealkylation sites (tertiary alicyclic amines) is 1. The molecule has 7 nitrogen and oxygen atoms in total. The molecule has 1 atom stereocenters. The van der Waals surface area contributed by atoms with E-state index in [2.05, 4.69) is 0 Å². The number of piperidine rings is 1. The normalized spacial score (nSPS) is 18.8. The molecule has 2 aromatic rings. The largest absolute Gasteiger partial charge is 0.497 e. The summed E-state index contributed by atoms with van der Waals surface area (Å²) in [6, 6.07) is 14.3. The van der Waals surface area contributed by atoms with Crippen LogP contribution in [0.1, 0.15) is 31.7 Å². The number of carbonyl (C=O) groups is 2. The lowest BCUT2D eigenvalue weighted by molar-refractivity contribution is -0.120. The van der Waals surface area contributed by atoms with Crippen LogP contribution in [0.15, 0.2) is 54.2 Å². The van der Waals surface area contributed by atoms with Crippen LogP contribution in [-0.2, 0) is 9.59 Å². The number of benzene rings is 2. The van der Waals surface area contributed by atoms with Crippen LogP contribution in [0, 0.1) is 5.92 Å².